The maximum Gasteiger partial charge on any atom is 0.187 e. The van der Waals surface area contributed by atoms with Gasteiger partial charge in [0.25, 0.3) is 0 Å². The minimum atomic E-state index is -1.75. The number of fused-ring (bicyclic) bond motifs is 5. The van der Waals surface area contributed by atoms with E-state index < -0.39 is 98.4 Å². The van der Waals surface area contributed by atoms with Gasteiger partial charge in [0.1, 0.15) is 48.8 Å². The van der Waals surface area contributed by atoms with Crippen LogP contribution < -0.4 is 0 Å². The number of rotatable bonds is 10. The Hall–Kier alpha value is -0.780. The Morgan fingerprint density at radius 3 is 1.96 bits per heavy atom. The zero-order chi connectivity index (χ0) is 39.7. The average Bonchev–Trinajstić information content (AvgIpc) is 3.49. The van der Waals surface area contributed by atoms with Gasteiger partial charge in [0.2, 0.25) is 0 Å². The first kappa shape index (κ1) is 42.8. The smallest absolute Gasteiger partial charge is 0.187 e. The van der Waals surface area contributed by atoms with Gasteiger partial charge in [0, 0.05) is 0 Å². The standard InChI is InChI=1S/C41H70O13/c1-20(2)9-8-10-22(44)21-11-15-41(7)29(21)23(45)17-27-39(5)14-13-28(38(3,4)26(39)12-16-40(27,41)6)53-37-35(33(49)31(47)25(19-43)52-37)54-36-34(50)32(48)30(46)24(18-42)51-36/h9,21-37,42-50H,8,10-19H2,1-7H3/t21?,22?,23?,24?,25?,26?,27?,28?,29?,30-,31-,32?,33?,34+,35+,36+,37+,39?,40?,41-/m1/s1. The summed E-state index contributed by atoms with van der Waals surface area (Å²) in [5, 5.41) is 96.7. The van der Waals surface area contributed by atoms with Gasteiger partial charge in [-0.15, -0.1) is 0 Å². The summed E-state index contributed by atoms with van der Waals surface area (Å²) in [6, 6.07) is 0. The second kappa shape index (κ2) is 15.8. The van der Waals surface area contributed by atoms with E-state index in [1.54, 1.807) is 0 Å². The maximum absolute atomic E-state index is 12.1. The van der Waals surface area contributed by atoms with Gasteiger partial charge in [-0.2, -0.15) is 0 Å². The first-order valence-corrected chi connectivity index (χ1v) is 20.5. The lowest BCUT2D eigenvalue weighted by Crippen LogP contribution is -2.67. The quantitative estimate of drug-likeness (QED) is 0.114. The van der Waals surface area contributed by atoms with Crippen molar-refractivity contribution < 1.29 is 64.9 Å². The molecule has 0 amide bonds. The van der Waals surface area contributed by atoms with Crippen LogP contribution in [0.25, 0.3) is 0 Å². The van der Waals surface area contributed by atoms with Crippen molar-refractivity contribution in [2.45, 2.75) is 186 Å². The van der Waals surface area contributed by atoms with Crippen molar-refractivity contribution >= 4 is 0 Å². The predicted octanol–water partition coefficient (Wildman–Crippen LogP) is 1.76. The molecule has 6 rings (SSSR count). The number of hydrogen-bond donors (Lipinski definition) is 9. The van der Waals surface area contributed by atoms with Gasteiger partial charge in [0.05, 0.1) is 31.5 Å². The molecule has 2 heterocycles. The third-order valence-electron chi connectivity index (χ3n) is 16.1. The molecular formula is C41H70O13. The van der Waals surface area contributed by atoms with Crippen LogP contribution in [0.3, 0.4) is 0 Å². The van der Waals surface area contributed by atoms with E-state index in [0.717, 1.165) is 38.5 Å². The molecule has 2 saturated heterocycles. The van der Waals surface area contributed by atoms with Crippen molar-refractivity contribution in [1.29, 1.82) is 0 Å². The highest BCUT2D eigenvalue weighted by Gasteiger charge is 2.71. The summed E-state index contributed by atoms with van der Waals surface area (Å²) in [6.45, 7) is 14.5. The van der Waals surface area contributed by atoms with E-state index >= 15 is 0 Å². The van der Waals surface area contributed by atoms with Crippen LogP contribution in [0.1, 0.15) is 106 Å². The SMILES string of the molecule is CC(C)=CCCC(O)C1CC[C@]2(C)C1C(O)CC1C3(C)CCC(O[C@@H]4OC(CO)[C@@H](O)C(O)[C@@H]4O[C@@H]4OC(CO)[C@@H](O)C(O)[C@@H]4O)C(C)(C)C3CCC12C. The molecule has 20 atom stereocenters. The summed E-state index contributed by atoms with van der Waals surface area (Å²) >= 11 is 0. The highest BCUT2D eigenvalue weighted by atomic mass is 16.8. The van der Waals surface area contributed by atoms with E-state index in [1.165, 1.54) is 5.57 Å². The van der Waals surface area contributed by atoms with Gasteiger partial charge < -0.3 is 64.9 Å². The van der Waals surface area contributed by atoms with Crippen molar-refractivity contribution in [3.63, 3.8) is 0 Å². The maximum atomic E-state index is 12.1. The zero-order valence-corrected chi connectivity index (χ0v) is 33.3. The lowest BCUT2D eigenvalue weighted by Gasteiger charge is -2.70. The zero-order valence-electron chi connectivity index (χ0n) is 33.3. The Kier molecular flexibility index (Phi) is 12.5. The normalized spacial score (nSPS) is 52.1. The Bertz CT molecular complexity index is 1320. The fourth-order valence-corrected chi connectivity index (χ4v) is 13.0. The monoisotopic (exact) mass is 770 g/mol. The van der Waals surface area contributed by atoms with Gasteiger partial charge in [0.15, 0.2) is 12.6 Å². The van der Waals surface area contributed by atoms with E-state index in [4.69, 9.17) is 18.9 Å². The van der Waals surface area contributed by atoms with Crippen LogP contribution in [-0.4, -0.2) is 139 Å². The van der Waals surface area contributed by atoms with Crippen LogP contribution in [0.5, 0.6) is 0 Å². The predicted molar refractivity (Wildman–Crippen MR) is 196 cm³/mol. The molecular weight excluding hydrogens is 700 g/mol. The van der Waals surface area contributed by atoms with Gasteiger partial charge in [-0.25, -0.2) is 0 Å². The van der Waals surface area contributed by atoms with Crippen LogP contribution in [0.2, 0.25) is 0 Å². The van der Waals surface area contributed by atoms with Crippen molar-refractivity contribution in [2.75, 3.05) is 13.2 Å². The second-order valence-corrected chi connectivity index (χ2v) is 19.4. The molecule has 0 aromatic carbocycles. The molecule has 0 radical (unpaired) electrons. The molecule has 4 aliphatic carbocycles. The highest BCUT2D eigenvalue weighted by Crippen LogP contribution is 2.75. The minimum absolute atomic E-state index is 0.0360. The van der Waals surface area contributed by atoms with Gasteiger partial charge in [-0.3, -0.25) is 0 Å². The van der Waals surface area contributed by atoms with E-state index in [2.05, 4.69) is 54.5 Å². The van der Waals surface area contributed by atoms with Gasteiger partial charge in [-0.1, -0.05) is 46.3 Å². The van der Waals surface area contributed by atoms with E-state index in [0.29, 0.717) is 19.3 Å². The first-order chi connectivity index (χ1) is 25.3. The van der Waals surface area contributed by atoms with Crippen molar-refractivity contribution in [3.05, 3.63) is 11.6 Å². The van der Waals surface area contributed by atoms with Crippen molar-refractivity contribution in [1.82, 2.24) is 0 Å². The van der Waals surface area contributed by atoms with Crippen molar-refractivity contribution in [3.8, 4) is 0 Å². The lowest BCUT2D eigenvalue weighted by molar-refractivity contribution is -0.378. The summed E-state index contributed by atoms with van der Waals surface area (Å²) in [7, 11) is 0. The molecule has 0 bridgehead atoms. The Morgan fingerprint density at radius 1 is 0.722 bits per heavy atom. The largest absolute Gasteiger partial charge is 0.394 e. The van der Waals surface area contributed by atoms with Crippen LogP contribution in [-0.2, 0) is 18.9 Å². The molecule has 9 N–H and O–H groups in total. The van der Waals surface area contributed by atoms with Crippen LogP contribution in [0.15, 0.2) is 11.6 Å². The molecule has 0 aromatic rings. The fourth-order valence-electron chi connectivity index (χ4n) is 13.0. The van der Waals surface area contributed by atoms with E-state index in [-0.39, 0.29) is 39.9 Å². The summed E-state index contributed by atoms with van der Waals surface area (Å²) in [4.78, 5) is 0. The van der Waals surface area contributed by atoms with Crippen LogP contribution in [0, 0.1) is 45.3 Å². The molecule has 6 fully saturated rings. The Labute approximate surface area is 320 Å². The van der Waals surface area contributed by atoms with Gasteiger partial charge in [-0.05, 0) is 117 Å². The van der Waals surface area contributed by atoms with Crippen molar-refractivity contribution in [2.24, 2.45) is 45.3 Å². The molecule has 312 valence electrons. The number of ether oxygens (including phenoxy) is 4. The topological polar surface area (TPSA) is 219 Å². The molecule has 13 nitrogen and oxygen atoms in total. The second-order valence-electron chi connectivity index (χ2n) is 19.4. The number of aliphatic hydroxyl groups excluding tert-OH is 9. The summed E-state index contributed by atoms with van der Waals surface area (Å²) in [6.07, 6.45) is -6.76. The Morgan fingerprint density at radius 2 is 1.33 bits per heavy atom. The number of hydrogen-bond acceptors (Lipinski definition) is 13. The molecule has 13 unspecified atom stereocenters. The summed E-state index contributed by atoms with van der Waals surface area (Å²) in [5.41, 5.74) is 0.533. The first-order valence-electron chi connectivity index (χ1n) is 20.5. The molecule has 0 spiro atoms. The summed E-state index contributed by atoms with van der Waals surface area (Å²) < 4.78 is 24.3. The molecule has 13 heteroatoms. The molecule has 4 saturated carbocycles. The highest BCUT2D eigenvalue weighted by molar-refractivity contribution is 5.19. The third-order valence-corrected chi connectivity index (χ3v) is 16.1. The fraction of sp³-hybridized carbons (Fsp3) is 0.951. The molecule has 2 aliphatic heterocycles. The molecule has 6 aliphatic rings. The lowest BCUT2D eigenvalue weighted by atomic mass is 9.35. The van der Waals surface area contributed by atoms with Gasteiger partial charge >= 0.3 is 0 Å². The summed E-state index contributed by atoms with van der Waals surface area (Å²) in [5.74, 6) is 0.549. The third kappa shape index (κ3) is 6.96. The van der Waals surface area contributed by atoms with Crippen LogP contribution >= 0.6 is 0 Å². The minimum Gasteiger partial charge on any atom is -0.394 e. The van der Waals surface area contributed by atoms with E-state index in [9.17, 15) is 46.0 Å². The van der Waals surface area contributed by atoms with Crippen LogP contribution in [0.4, 0.5) is 0 Å². The number of allylic oxidation sites excluding steroid dienone is 2. The molecule has 54 heavy (non-hydrogen) atoms. The van der Waals surface area contributed by atoms with E-state index in [1.807, 2.05) is 0 Å². The number of aliphatic hydroxyl groups is 9. The Balaban J connectivity index is 1.22. The average molecular weight is 771 g/mol. The molecule has 0 aromatic heterocycles.